The number of likely N-dealkylation sites (tertiary alicyclic amines) is 1. The summed E-state index contributed by atoms with van der Waals surface area (Å²) in [4.78, 5) is 29.2. The number of nitrogens with two attached hydrogens (primary N) is 1. The summed E-state index contributed by atoms with van der Waals surface area (Å²) >= 11 is 0. The summed E-state index contributed by atoms with van der Waals surface area (Å²) in [6.07, 6.45) is 9.74. The molecule has 2 fully saturated rings. The van der Waals surface area contributed by atoms with Gasteiger partial charge in [-0.1, -0.05) is 79.9 Å². The smallest absolute Gasteiger partial charge is 0.253 e. The average Bonchev–Trinajstić information content (AvgIpc) is 3.05. The monoisotopic (exact) mass is 581 g/mol. The van der Waals surface area contributed by atoms with Crippen LogP contribution in [0.25, 0.3) is 0 Å². The van der Waals surface area contributed by atoms with Gasteiger partial charge >= 0.3 is 0 Å². The number of carbonyl (C=O) groups is 2. The molecule has 6 nitrogen and oxygen atoms in total. The van der Waals surface area contributed by atoms with Crippen molar-refractivity contribution in [2.75, 3.05) is 32.8 Å². The molecule has 1 aliphatic carbocycles. The van der Waals surface area contributed by atoms with Gasteiger partial charge in [0, 0.05) is 37.8 Å². The van der Waals surface area contributed by atoms with Crippen molar-refractivity contribution in [1.82, 2.24) is 9.80 Å². The number of rotatable bonds is 13. The topological polar surface area (TPSA) is 75.9 Å². The van der Waals surface area contributed by atoms with E-state index in [2.05, 4.69) is 35.2 Å². The average molecular weight is 582 g/mol. The molecule has 3 aromatic rings. The maximum Gasteiger partial charge on any atom is 0.253 e. The quantitative estimate of drug-likeness (QED) is 0.235. The Labute approximate surface area is 257 Å². The Hall–Kier alpha value is -3.64. The predicted octanol–water partition coefficient (Wildman–Crippen LogP) is 6.45. The van der Waals surface area contributed by atoms with Gasteiger partial charge in [-0.05, 0) is 79.3 Å². The summed E-state index contributed by atoms with van der Waals surface area (Å²) in [6.45, 7) is 4.19. The number of primary amides is 1. The number of benzene rings is 3. The first kappa shape index (κ1) is 30.8. The Balaban J connectivity index is 1.26. The van der Waals surface area contributed by atoms with Gasteiger partial charge in [0.25, 0.3) is 5.91 Å². The molecule has 3 aromatic carbocycles. The van der Waals surface area contributed by atoms with Crippen LogP contribution >= 0.6 is 0 Å². The molecule has 0 aromatic heterocycles. The third-order valence-corrected chi connectivity index (χ3v) is 9.30. The first-order valence-electron chi connectivity index (χ1n) is 16.2. The van der Waals surface area contributed by atoms with Crippen LogP contribution < -0.4 is 10.5 Å². The molecule has 2 N–H and O–H groups in total. The number of carbonyl (C=O) groups excluding carboxylic acids is 2. The third kappa shape index (κ3) is 8.93. The van der Waals surface area contributed by atoms with E-state index in [0.717, 1.165) is 62.3 Å². The highest BCUT2D eigenvalue weighted by molar-refractivity contribution is 5.94. The summed E-state index contributed by atoms with van der Waals surface area (Å²) in [5.74, 6) is 1.80. The summed E-state index contributed by atoms with van der Waals surface area (Å²) in [6, 6.07) is 28.9. The van der Waals surface area contributed by atoms with Crippen molar-refractivity contribution >= 4 is 11.8 Å². The van der Waals surface area contributed by atoms with Crippen LogP contribution in [0.2, 0.25) is 0 Å². The van der Waals surface area contributed by atoms with E-state index in [0.29, 0.717) is 24.5 Å². The van der Waals surface area contributed by atoms with Crippen LogP contribution in [-0.2, 0) is 11.2 Å². The molecule has 5 rings (SSSR count). The van der Waals surface area contributed by atoms with Crippen molar-refractivity contribution in [3.63, 3.8) is 0 Å². The van der Waals surface area contributed by atoms with Crippen LogP contribution in [0.1, 0.15) is 78.8 Å². The molecule has 2 amide bonds. The van der Waals surface area contributed by atoms with Crippen molar-refractivity contribution in [3.8, 4) is 5.75 Å². The zero-order chi connectivity index (χ0) is 29.9. The van der Waals surface area contributed by atoms with Crippen molar-refractivity contribution in [2.24, 2.45) is 11.7 Å². The summed E-state index contributed by atoms with van der Waals surface area (Å²) in [7, 11) is 0. The normalized spacial score (nSPS) is 17.1. The summed E-state index contributed by atoms with van der Waals surface area (Å²) in [5, 5.41) is 0. The molecule has 0 spiro atoms. The van der Waals surface area contributed by atoms with E-state index in [1.807, 2.05) is 59.5 Å². The molecule has 228 valence electrons. The largest absolute Gasteiger partial charge is 0.494 e. The van der Waals surface area contributed by atoms with E-state index >= 15 is 0 Å². The van der Waals surface area contributed by atoms with Gasteiger partial charge in [-0.15, -0.1) is 0 Å². The highest BCUT2D eigenvalue weighted by atomic mass is 16.5. The molecule has 0 radical (unpaired) electrons. The lowest BCUT2D eigenvalue weighted by molar-refractivity contribution is -0.117. The lowest BCUT2D eigenvalue weighted by Gasteiger charge is -2.42. The highest BCUT2D eigenvalue weighted by Crippen LogP contribution is 2.37. The van der Waals surface area contributed by atoms with Gasteiger partial charge in [0.1, 0.15) is 5.75 Å². The van der Waals surface area contributed by atoms with Gasteiger partial charge in [-0.25, -0.2) is 0 Å². The van der Waals surface area contributed by atoms with E-state index in [-0.39, 0.29) is 18.2 Å². The molecule has 1 heterocycles. The fourth-order valence-electron chi connectivity index (χ4n) is 7.04. The van der Waals surface area contributed by atoms with Gasteiger partial charge in [0.05, 0.1) is 13.0 Å². The Morgan fingerprint density at radius 3 is 2.26 bits per heavy atom. The number of hydrogen-bond acceptors (Lipinski definition) is 4. The number of amides is 2. The standard InChI is InChI=1S/C37H47N3O3/c38-36(41)27-29-12-10-19-34(26-29)43-25-11-22-40(28-35(30-13-4-1-5-14-30)31-15-6-2-7-16-31)33-20-23-39(24-21-33)37(42)32-17-8-3-9-18-32/h1,3-5,8-10,12-14,17-19,26,31,33,35H,2,6-7,11,15-16,20-25,27-28H2,(H2,38,41). The molecular weight excluding hydrogens is 534 g/mol. The van der Waals surface area contributed by atoms with Crippen LogP contribution in [0.4, 0.5) is 0 Å². The third-order valence-electron chi connectivity index (χ3n) is 9.30. The number of hydrogen-bond donors (Lipinski definition) is 1. The second-order valence-electron chi connectivity index (χ2n) is 12.3. The van der Waals surface area contributed by atoms with Gasteiger partial charge in [0.2, 0.25) is 5.91 Å². The minimum atomic E-state index is -0.338. The Morgan fingerprint density at radius 1 is 0.860 bits per heavy atom. The second-order valence-corrected chi connectivity index (χ2v) is 12.3. The van der Waals surface area contributed by atoms with Gasteiger partial charge < -0.3 is 15.4 Å². The van der Waals surface area contributed by atoms with E-state index in [1.54, 1.807) is 0 Å². The first-order valence-corrected chi connectivity index (χ1v) is 16.2. The molecular formula is C37H47N3O3. The zero-order valence-corrected chi connectivity index (χ0v) is 25.4. The summed E-state index contributed by atoms with van der Waals surface area (Å²) < 4.78 is 6.14. The molecule has 6 heteroatoms. The SMILES string of the molecule is NC(=O)Cc1cccc(OCCCN(CC(c2ccccc2)C2CCCCC2)C2CCN(C(=O)c3ccccc3)CC2)c1. The second kappa shape index (κ2) is 15.7. The van der Waals surface area contributed by atoms with E-state index < -0.39 is 0 Å². The van der Waals surface area contributed by atoms with Crippen molar-refractivity contribution in [3.05, 3.63) is 102 Å². The molecule has 1 saturated carbocycles. The maximum absolute atomic E-state index is 13.1. The lowest BCUT2D eigenvalue weighted by atomic mass is 9.76. The van der Waals surface area contributed by atoms with Crippen LogP contribution in [0.5, 0.6) is 5.75 Å². The molecule has 1 aliphatic heterocycles. The van der Waals surface area contributed by atoms with E-state index in [9.17, 15) is 9.59 Å². The van der Waals surface area contributed by atoms with Crippen molar-refractivity contribution in [2.45, 2.75) is 69.7 Å². The van der Waals surface area contributed by atoms with Crippen LogP contribution in [0.3, 0.4) is 0 Å². The van der Waals surface area contributed by atoms with Crippen molar-refractivity contribution in [1.29, 1.82) is 0 Å². The van der Waals surface area contributed by atoms with Gasteiger partial charge in [-0.3, -0.25) is 14.5 Å². The van der Waals surface area contributed by atoms with Crippen LogP contribution in [0, 0.1) is 5.92 Å². The minimum absolute atomic E-state index is 0.141. The predicted molar refractivity (Wildman–Crippen MR) is 172 cm³/mol. The maximum atomic E-state index is 13.1. The van der Waals surface area contributed by atoms with E-state index in [4.69, 9.17) is 10.5 Å². The first-order chi connectivity index (χ1) is 21.1. The Kier molecular flexibility index (Phi) is 11.3. The van der Waals surface area contributed by atoms with Gasteiger partial charge in [0.15, 0.2) is 0 Å². The van der Waals surface area contributed by atoms with Crippen molar-refractivity contribution < 1.29 is 14.3 Å². The van der Waals surface area contributed by atoms with Crippen LogP contribution in [-0.4, -0.2) is 60.4 Å². The fourth-order valence-corrected chi connectivity index (χ4v) is 7.04. The van der Waals surface area contributed by atoms with Crippen LogP contribution in [0.15, 0.2) is 84.9 Å². The fraction of sp³-hybridized carbons (Fsp3) is 0.459. The molecule has 1 atom stereocenters. The summed E-state index contributed by atoms with van der Waals surface area (Å²) in [5.41, 5.74) is 8.49. The lowest BCUT2D eigenvalue weighted by Crippen LogP contribution is -2.48. The van der Waals surface area contributed by atoms with E-state index in [1.165, 1.54) is 37.7 Å². The highest BCUT2D eigenvalue weighted by Gasteiger charge is 2.32. The number of nitrogens with zero attached hydrogens (tertiary/aromatic N) is 2. The molecule has 43 heavy (non-hydrogen) atoms. The number of piperidine rings is 1. The molecule has 2 aliphatic rings. The molecule has 1 saturated heterocycles. The van der Waals surface area contributed by atoms with Gasteiger partial charge in [-0.2, -0.15) is 0 Å². The number of ether oxygens (including phenoxy) is 1. The molecule has 0 bridgehead atoms. The Morgan fingerprint density at radius 2 is 1.56 bits per heavy atom. The minimum Gasteiger partial charge on any atom is -0.494 e. The molecule has 1 unspecified atom stereocenters. The Bertz CT molecular complexity index is 1280. The zero-order valence-electron chi connectivity index (χ0n) is 25.4.